The summed E-state index contributed by atoms with van der Waals surface area (Å²) >= 11 is 7.34. The molecule has 146 valence electrons. The van der Waals surface area contributed by atoms with Crippen molar-refractivity contribution in [1.29, 1.82) is 0 Å². The van der Waals surface area contributed by atoms with Gasteiger partial charge in [-0.25, -0.2) is 8.78 Å². The zero-order chi connectivity index (χ0) is 19.5. The lowest BCUT2D eigenvalue weighted by molar-refractivity contribution is 0.261. The molecule has 1 saturated heterocycles. The SMILES string of the molecule is Fc1ccc(CCN2CCN(c3nc(-c4ccc(Cl)cc4)ns3)CC2)cc1F. The lowest BCUT2D eigenvalue weighted by Gasteiger charge is -2.34. The fourth-order valence-corrected chi connectivity index (χ4v) is 4.07. The molecule has 4 rings (SSSR count). The van der Waals surface area contributed by atoms with Crippen LogP contribution in [0.5, 0.6) is 0 Å². The fraction of sp³-hybridized carbons (Fsp3) is 0.300. The van der Waals surface area contributed by atoms with Crippen LogP contribution in [0, 0.1) is 11.6 Å². The summed E-state index contributed by atoms with van der Waals surface area (Å²) in [6, 6.07) is 11.6. The fourth-order valence-electron chi connectivity index (χ4n) is 3.21. The van der Waals surface area contributed by atoms with Crippen molar-refractivity contribution < 1.29 is 8.78 Å². The molecule has 28 heavy (non-hydrogen) atoms. The molecule has 0 radical (unpaired) electrons. The van der Waals surface area contributed by atoms with E-state index in [-0.39, 0.29) is 0 Å². The van der Waals surface area contributed by atoms with E-state index in [2.05, 4.69) is 19.2 Å². The van der Waals surface area contributed by atoms with E-state index in [1.54, 1.807) is 6.07 Å². The van der Waals surface area contributed by atoms with E-state index in [0.717, 1.165) is 54.8 Å². The molecule has 0 saturated carbocycles. The quantitative estimate of drug-likeness (QED) is 0.608. The van der Waals surface area contributed by atoms with Crippen LogP contribution in [0.3, 0.4) is 0 Å². The number of aromatic nitrogens is 2. The van der Waals surface area contributed by atoms with E-state index in [1.807, 2.05) is 24.3 Å². The Morgan fingerprint density at radius 3 is 2.43 bits per heavy atom. The van der Waals surface area contributed by atoms with Crippen LogP contribution in [-0.4, -0.2) is 47.0 Å². The van der Waals surface area contributed by atoms with Crippen LogP contribution in [0.4, 0.5) is 13.9 Å². The highest BCUT2D eigenvalue weighted by atomic mass is 35.5. The molecule has 1 aliphatic heterocycles. The van der Waals surface area contributed by atoms with E-state index in [1.165, 1.54) is 23.7 Å². The lowest BCUT2D eigenvalue weighted by atomic mass is 10.1. The number of rotatable bonds is 5. The molecule has 0 amide bonds. The van der Waals surface area contributed by atoms with E-state index in [9.17, 15) is 8.78 Å². The van der Waals surface area contributed by atoms with Crippen molar-refractivity contribution in [2.75, 3.05) is 37.6 Å². The van der Waals surface area contributed by atoms with Gasteiger partial charge in [0.25, 0.3) is 0 Å². The molecular weight excluding hydrogens is 402 g/mol. The highest BCUT2D eigenvalue weighted by Crippen LogP contribution is 2.25. The van der Waals surface area contributed by atoms with Crippen molar-refractivity contribution in [2.24, 2.45) is 0 Å². The number of piperazine rings is 1. The molecule has 2 aromatic carbocycles. The Morgan fingerprint density at radius 1 is 0.964 bits per heavy atom. The van der Waals surface area contributed by atoms with Gasteiger partial charge in [-0.1, -0.05) is 17.7 Å². The van der Waals surface area contributed by atoms with Crippen molar-refractivity contribution in [2.45, 2.75) is 6.42 Å². The molecule has 3 aromatic rings. The van der Waals surface area contributed by atoms with Crippen LogP contribution in [0.2, 0.25) is 5.02 Å². The number of benzene rings is 2. The summed E-state index contributed by atoms with van der Waals surface area (Å²) in [7, 11) is 0. The minimum atomic E-state index is -0.799. The number of hydrogen-bond donors (Lipinski definition) is 0. The molecular formula is C20H19ClF2N4S. The van der Waals surface area contributed by atoms with Gasteiger partial charge in [0.05, 0.1) is 0 Å². The lowest BCUT2D eigenvalue weighted by Crippen LogP contribution is -2.47. The number of anilines is 1. The largest absolute Gasteiger partial charge is 0.344 e. The zero-order valence-electron chi connectivity index (χ0n) is 15.1. The Bertz CT molecular complexity index is 940. The Hall–Kier alpha value is -2.09. The van der Waals surface area contributed by atoms with Gasteiger partial charge >= 0.3 is 0 Å². The molecule has 1 fully saturated rings. The standard InChI is InChI=1S/C20H19ClF2N4S/c21-16-4-2-15(3-5-16)19-24-20(28-25-19)27-11-9-26(10-12-27)8-7-14-1-6-17(22)18(23)13-14/h1-6,13H,7-12H2. The van der Waals surface area contributed by atoms with Gasteiger partial charge < -0.3 is 4.90 Å². The molecule has 8 heteroatoms. The molecule has 0 atom stereocenters. The van der Waals surface area contributed by atoms with Crippen LogP contribution in [0.25, 0.3) is 11.4 Å². The molecule has 1 aromatic heterocycles. The first kappa shape index (κ1) is 19.2. The second-order valence-corrected chi connectivity index (χ2v) is 7.90. The Morgan fingerprint density at radius 2 is 1.71 bits per heavy atom. The summed E-state index contributed by atoms with van der Waals surface area (Å²) in [5.41, 5.74) is 1.77. The monoisotopic (exact) mass is 420 g/mol. The maximum atomic E-state index is 13.3. The smallest absolute Gasteiger partial charge is 0.205 e. The highest BCUT2D eigenvalue weighted by Gasteiger charge is 2.20. The van der Waals surface area contributed by atoms with Gasteiger partial charge in [-0.15, -0.1) is 0 Å². The molecule has 0 unspecified atom stereocenters. The normalized spacial score (nSPS) is 15.2. The van der Waals surface area contributed by atoms with E-state index < -0.39 is 11.6 Å². The van der Waals surface area contributed by atoms with Crippen LogP contribution in [0.1, 0.15) is 5.56 Å². The van der Waals surface area contributed by atoms with Gasteiger partial charge in [0, 0.05) is 54.8 Å². The third kappa shape index (κ3) is 4.48. The van der Waals surface area contributed by atoms with Gasteiger partial charge in [-0.05, 0) is 48.4 Å². The van der Waals surface area contributed by atoms with Crippen LogP contribution in [-0.2, 0) is 6.42 Å². The second-order valence-electron chi connectivity index (χ2n) is 6.73. The average Bonchev–Trinajstić information content (AvgIpc) is 3.20. The molecule has 0 aliphatic carbocycles. The Balaban J connectivity index is 1.30. The minimum Gasteiger partial charge on any atom is -0.344 e. The van der Waals surface area contributed by atoms with Crippen molar-refractivity contribution in [3.8, 4) is 11.4 Å². The third-order valence-electron chi connectivity index (χ3n) is 4.86. The number of hydrogen-bond acceptors (Lipinski definition) is 5. The summed E-state index contributed by atoms with van der Waals surface area (Å²) < 4.78 is 30.8. The summed E-state index contributed by atoms with van der Waals surface area (Å²) in [6.07, 6.45) is 0.705. The maximum absolute atomic E-state index is 13.3. The van der Waals surface area contributed by atoms with Gasteiger partial charge in [0.15, 0.2) is 17.5 Å². The van der Waals surface area contributed by atoms with Gasteiger partial charge in [-0.2, -0.15) is 9.36 Å². The topological polar surface area (TPSA) is 32.3 Å². The first-order valence-electron chi connectivity index (χ1n) is 9.09. The highest BCUT2D eigenvalue weighted by molar-refractivity contribution is 7.09. The molecule has 1 aliphatic rings. The van der Waals surface area contributed by atoms with Crippen LogP contribution < -0.4 is 4.90 Å². The summed E-state index contributed by atoms with van der Waals surface area (Å²) in [6.45, 7) is 4.37. The second kappa shape index (κ2) is 8.51. The minimum absolute atomic E-state index is 0.693. The first-order chi connectivity index (χ1) is 13.6. The number of halogens is 3. The van der Waals surface area contributed by atoms with E-state index in [4.69, 9.17) is 11.6 Å². The third-order valence-corrected chi connectivity index (χ3v) is 5.89. The summed E-state index contributed by atoms with van der Waals surface area (Å²) in [5.74, 6) is -0.861. The summed E-state index contributed by atoms with van der Waals surface area (Å²) in [5, 5.41) is 1.61. The van der Waals surface area contributed by atoms with Gasteiger partial charge in [0.2, 0.25) is 5.13 Å². The maximum Gasteiger partial charge on any atom is 0.205 e. The van der Waals surface area contributed by atoms with Crippen LogP contribution in [0.15, 0.2) is 42.5 Å². The Kier molecular flexibility index (Phi) is 5.85. The summed E-state index contributed by atoms with van der Waals surface area (Å²) in [4.78, 5) is 9.24. The molecule has 0 spiro atoms. The van der Waals surface area contributed by atoms with Crippen LogP contribution >= 0.6 is 23.1 Å². The van der Waals surface area contributed by atoms with E-state index in [0.29, 0.717) is 11.4 Å². The van der Waals surface area contributed by atoms with Crippen molar-refractivity contribution in [1.82, 2.24) is 14.3 Å². The average molecular weight is 421 g/mol. The molecule has 4 nitrogen and oxygen atoms in total. The van der Waals surface area contributed by atoms with Crippen molar-refractivity contribution >= 4 is 28.3 Å². The molecule has 2 heterocycles. The van der Waals surface area contributed by atoms with Gasteiger partial charge in [-0.3, -0.25) is 4.90 Å². The predicted molar refractivity (Wildman–Crippen MR) is 109 cm³/mol. The Labute approximate surface area is 171 Å². The molecule has 0 bridgehead atoms. The number of nitrogens with zero attached hydrogens (tertiary/aromatic N) is 4. The zero-order valence-corrected chi connectivity index (χ0v) is 16.7. The van der Waals surface area contributed by atoms with Crippen molar-refractivity contribution in [3.63, 3.8) is 0 Å². The van der Waals surface area contributed by atoms with Gasteiger partial charge in [0.1, 0.15) is 0 Å². The predicted octanol–water partition coefficient (Wildman–Crippen LogP) is 4.50. The van der Waals surface area contributed by atoms with Crippen molar-refractivity contribution in [3.05, 3.63) is 64.7 Å². The molecule has 0 N–H and O–H groups in total. The first-order valence-corrected chi connectivity index (χ1v) is 10.2. The van der Waals surface area contributed by atoms with E-state index >= 15 is 0 Å².